The van der Waals surface area contributed by atoms with Gasteiger partial charge in [-0.15, -0.1) is 0 Å². The van der Waals surface area contributed by atoms with Crippen LogP contribution in [0.25, 0.3) is 0 Å². The van der Waals surface area contributed by atoms with Crippen LogP contribution in [0.4, 0.5) is 11.8 Å². The first-order chi connectivity index (χ1) is 15.6. The van der Waals surface area contributed by atoms with Crippen molar-refractivity contribution in [3.63, 3.8) is 0 Å². The molecule has 1 aromatic heterocycles. The van der Waals surface area contributed by atoms with Crippen molar-refractivity contribution in [2.45, 2.75) is 37.8 Å². The predicted octanol–water partition coefficient (Wildman–Crippen LogP) is 4.49. The number of carbonyl (C=O) groups excluding carboxylic acids is 1. The number of nitrogens with one attached hydrogen (secondary N) is 2. The summed E-state index contributed by atoms with van der Waals surface area (Å²) in [6, 6.07) is 19.2. The highest BCUT2D eigenvalue weighted by Crippen LogP contribution is 2.24. The van der Waals surface area contributed by atoms with Gasteiger partial charge < -0.3 is 20.3 Å². The van der Waals surface area contributed by atoms with Crippen molar-refractivity contribution in [1.29, 1.82) is 0 Å². The Balaban J connectivity index is 1.28. The molecular formula is C25H29N5O2. The second kappa shape index (κ2) is 10.1. The molecule has 0 atom stereocenters. The molecule has 1 heterocycles. The first-order valence-electron chi connectivity index (χ1n) is 11.0. The van der Waals surface area contributed by atoms with E-state index < -0.39 is 0 Å². The van der Waals surface area contributed by atoms with Gasteiger partial charge in [0.05, 0.1) is 0 Å². The number of amides is 1. The summed E-state index contributed by atoms with van der Waals surface area (Å²) in [4.78, 5) is 23.6. The molecule has 32 heavy (non-hydrogen) atoms. The van der Waals surface area contributed by atoms with Crippen LogP contribution in [-0.4, -0.2) is 42.1 Å². The Morgan fingerprint density at radius 1 is 0.938 bits per heavy atom. The Morgan fingerprint density at radius 2 is 1.66 bits per heavy atom. The lowest BCUT2D eigenvalue weighted by molar-refractivity contribution is 0.0926. The van der Waals surface area contributed by atoms with E-state index in [1.54, 1.807) is 12.3 Å². The normalized spacial score (nSPS) is 17.9. The molecule has 2 N–H and O–H groups in total. The summed E-state index contributed by atoms with van der Waals surface area (Å²) in [7, 11) is 3.92. The highest BCUT2D eigenvalue weighted by atomic mass is 16.5. The molecule has 1 aliphatic carbocycles. The van der Waals surface area contributed by atoms with Gasteiger partial charge in [0.25, 0.3) is 5.91 Å². The first-order valence-corrected chi connectivity index (χ1v) is 11.0. The monoisotopic (exact) mass is 431 g/mol. The van der Waals surface area contributed by atoms with Crippen molar-refractivity contribution in [3.05, 3.63) is 72.4 Å². The van der Waals surface area contributed by atoms with Gasteiger partial charge in [0.15, 0.2) is 0 Å². The summed E-state index contributed by atoms with van der Waals surface area (Å²) in [6.45, 7) is 0. The molecule has 3 aromatic rings. The number of nitrogens with zero attached hydrogens (tertiary/aromatic N) is 3. The van der Waals surface area contributed by atoms with E-state index in [-0.39, 0.29) is 11.9 Å². The molecule has 7 nitrogen and oxygen atoms in total. The molecule has 0 unspecified atom stereocenters. The SMILES string of the molecule is CN(C)c1ccnc(NC2CCC(NC(=O)c3cccc(Oc4ccccc4)c3)CC2)n1. The van der Waals surface area contributed by atoms with Crippen LogP contribution in [0.3, 0.4) is 0 Å². The summed E-state index contributed by atoms with van der Waals surface area (Å²) in [5.74, 6) is 2.86. The molecule has 0 aliphatic heterocycles. The van der Waals surface area contributed by atoms with Crippen LogP contribution in [0.2, 0.25) is 0 Å². The zero-order chi connectivity index (χ0) is 22.3. The lowest BCUT2D eigenvalue weighted by Crippen LogP contribution is -2.40. The van der Waals surface area contributed by atoms with Gasteiger partial charge in [-0.3, -0.25) is 4.79 Å². The van der Waals surface area contributed by atoms with Gasteiger partial charge in [-0.1, -0.05) is 24.3 Å². The maximum Gasteiger partial charge on any atom is 0.251 e. The van der Waals surface area contributed by atoms with Crippen molar-refractivity contribution < 1.29 is 9.53 Å². The Bertz CT molecular complexity index is 1030. The molecular weight excluding hydrogens is 402 g/mol. The summed E-state index contributed by atoms with van der Waals surface area (Å²) in [6.07, 6.45) is 5.51. The fraction of sp³-hybridized carbons (Fsp3) is 0.320. The number of hydrogen-bond donors (Lipinski definition) is 2. The Morgan fingerprint density at radius 3 is 2.41 bits per heavy atom. The minimum Gasteiger partial charge on any atom is -0.457 e. The molecule has 1 saturated carbocycles. The molecule has 166 valence electrons. The van der Waals surface area contributed by atoms with Crippen molar-refractivity contribution >= 4 is 17.7 Å². The number of ether oxygens (including phenoxy) is 1. The van der Waals surface area contributed by atoms with E-state index in [2.05, 4.69) is 20.6 Å². The third-order valence-corrected chi connectivity index (χ3v) is 5.57. The number of para-hydroxylation sites is 1. The second-order valence-corrected chi connectivity index (χ2v) is 8.24. The maximum absolute atomic E-state index is 12.8. The zero-order valence-corrected chi connectivity index (χ0v) is 18.5. The van der Waals surface area contributed by atoms with Gasteiger partial charge >= 0.3 is 0 Å². The van der Waals surface area contributed by atoms with Crippen molar-refractivity contribution in [2.75, 3.05) is 24.3 Å². The van der Waals surface area contributed by atoms with Crippen molar-refractivity contribution in [1.82, 2.24) is 15.3 Å². The van der Waals surface area contributed by atoms with Crippen LogP contribution in [0.5, 0.6) is 11.5 Å². The van der Waals surface area contributed by atoms with Gasteiger partial charge in [0, 0.05) is 37.9 Å². The molecule has 0 radical (unpaired) electrons. The minimum atomic E-state index is -0.0676. The summed E-state index contributed by atoms with van der Waals surface area (Å²) >= 11 is 0. The van der Waals surface area contributed by atoms with E-state index in [1.165, 1.54) is 0 Å². The molecule has 2 aromatic carbocycles. The summed E-state index contributed by atoms with van der Waals surface area (Å²) in [5, 5.41) is 6.61. The molecule has 0 bridgehead atoms. The fourth-order valence-corrected chi connectivity index (χ4v) is 3.83. The molecule has 1 aliphatic rings. The van der Waals surface area contributed by atoms with Crippen LogP contribution >= 0.6 is 0 Å². The van der Waals surface area contributed by atoms with E-state index in [4.69, 9.17) is 4.74 Å². The quantitative estimate of drug-likeness (QED) is 0.574. The molecule has 1 amide bonds. The summed E-state index contributed by atoms with van der Waals surface area (Å²) < 4.78 is 5.85. The third-order valence-electron chi connectivity index (χ3n) is 5.57. The highest BCUT2D eigenvalue weighted by molar-refractivity contribution is 5.94. The number of benzene rings is 2. The minimum absolute atomic E-state index is 0.0676. The van der Waals surface area contributed by atoms with Gasteiger partial charge in [-0.2, -0.15) is 4.98 Å². The van der Waals surface area contributed by atoms with E-state index in [1.807, 2.05) is 73.6 Å². The van der Waals surface area contributed by atoms with Crippen molar-refractivity contribution in [3.8, 4) is 11.5 Å². The number of carbonyl (C=O) groups is 1. The van der Waals surface area contributed by atoms with E-state index >= 15 is 0 Å². The van der Waals surface area contributed by atoms with Gasteiger partial charge in [-0.25, -0.2) is 4.98 Å². The lowest BCUT2D eigenvalue weighted by Gasteiger charge is -2.29. The van der Waals surface area contributed by atoms with Gasteiger partial charge in [0.1, 0.15) is 17.3 Å². The van der Waals surface area contributed by atoms with Crippen LogP contribution in [0.1, 0.15) is 36.0 Å². The highest BCUT2D eigenvalue weighted by Gasteiger charge is 2.23. The first kappa shape index (κ1) is 21.6. The Kier molecular flexibility index (Phi) is 6.84. The average Bonchev–Trinajstić information content (AvgIpc) is 2.81. The van der Waals surface area contributed by atoms with Crippen LogP contribution < -0.4 is 20.3 Å². The Hall–Kier alpha value is -3.61. The number of hydrogen-bond acceptors (Lipinski definition) is 6. The maximum atomic E-state index is 12.8. The summed E-state index contributed by atoms with van der Waals surface area (Å²) in [5.41, 5.74) is 0.604. The van der Waals surface area contributed by atoms with Crippen molar-refractivity contribution in [2.24, 2.45) is 0 Å². The zero-order valence-electron chi connectivity index (χ0n) is 18.5. The molecule has 0 spiro atoms. The molecule has 0 saturated heterocycles. The molecule has 7 heteroatoms. The smallest absolute Gasteiger partial charge is 0.251 e. The Labute approximate surface area is 188 Å². The lowest BCUT2D eigenvalue weighted by atomic mass is 9.91. The van der Waals surface area contributed by atoms with E-state index in [0.717, 1.165) is 37.3 Å². The fourth-order valence-electron chi connectivity index (χ4n) is 3.83. The van der Waals surface area contributed by atoms with Crippen LogP contribution in [0.15, 0.2) is 66.9 Å². The number of rotatable bonds is 7. The predicted molar refractivity (Wildman–Crippen MR) is 126 cm³/mol. The van der Waals surface area contributed by atoms with Crippen LogP contribution in [-0.2, 0) is 0 Å². The largest absolute Gasteiger partial charge is 0.457 e. The van der Waals surface area contributed by atoms with E-state index in [0.29, 0.717) is 23.3 Å². The molecule has 4 rings (SSSR count). The van der Waals surface area contributed by atoms with Gasteiger partial charge in [0.2, 0.25) is 5.95 Å². The molecule has 1 fully saturated rings. The standard InChI is InChI=1S/C25H29N5O2/c1-30(2)23-15-16-26-25(29-23)28-20-13-11-19(12-14-20)27-24(31)18-7-6-10-22(17-18)32-21-8-4-3-5-9-21/h3-10,15-17,19-20H,11-14H2,1-2H3,(H,27,31)(H,26,28,29). The van der Waals surface area contributed by atoms with Gasteiger partial charge in [-0.05, 0) is 62.1 Å². The number of anilines is 2. The second-order valence-electron chi connectivity index (χ2n) is 8.24. The van der Waals surface area contributed by atoms with Crippen LogP contribution in [0, 0.1) is 0 Å². The topological polar surface area (TPSA) is 79.4 Å². The van der Waals surface area contributed by atoms with E-state index in [9.17, 15) is 4.79 Å². The third kappa shape index (κ3) is 5.75. The number of aromatic nitrogens is 2. The average molecular weight is 432 g/mol.